The third-order valence-corrected chi connectivity index (χ3v) is 3.86. The Bertz CT molecular complexity index is 638. The lowest BCUT2D eigenvalue weighted by molar-refractivity contribution is -0.384. The summed E-state index contributed by atoms with van der Waals surface area (Å²) in [7, 11) is 0. The van der Waals surface area contributed by atoms with Crippen LogP contribution in [0.1, 0.15) is 25.0 Å². The van der Waals surface area contributed by atoms with E-state index in [4.69, 9.17) is 0 Å². The van der Waals surface area contributed by atoms with Gasteiger partial charge in [0, 0.05) is 48.1 Å². The van der Waals surface area contributed by atoms with Gasteiger partial charge in [-0.05, 0) is 23.3 Å². The molecule has 1 aromatic heterocycles. The first-order valence-electron chi connectivity index (χ1n) is 6.76. The van der Waals surface area contributed by atoms with Crippen molar-refractivity contribution in [1.82, 2.24) is 9.88 Å². The van der Waals surface area contributed by atoms with Gasteiger partial charge < -0.3 is 9.88 Å². The molecule has 0 aliphatic carbocycles. The standard InChI is InChI=1S/C15H18BrN3O2/c1-11(2)17-8-12-5-6-18(9-12)10-13-3-4-14(19(20)21)7-15(13)16/h3-7,9,11,17H,8,10H2,1-2H3. The molecule has 0 saturated carbocycles. The van der Waals surface area contributed by atoms with Crippen molar-refractivity contribution < 1.29 is 4.92 Å². The van der Waals surface area contributed by atoms with E-state index in [1.54, 1.807) is 12.1 Å². The predicted molar refractivity (Wildman–Crippen MR) is 86.3 cm³/mol. The Hall–Kier alpha value is -1.66. The van der Waals surface area contributed by atoms with Gasteiger partial charge in [0.1, 0.15) is 0 Å². The second-order valence-electron chi connectivity index (χ2n) is 5.26. The van der Waals surface area contributed by atoms with Crippen molar-refractivity contribution in [1.29, 1.82) is 0 Å². The molecule has 1 aromatic carbocycles. The number of nitro benzene ring substituents is 1. The van der Waals surface area contributed by atoms with Crippen molar-refractivity contribution in [3.05, 3.63) is 62.4 Å². The molecule has 0 aliphatic heterocycles. The van der Waals surface area contributed by atoms with E-state index in [2.05, 4.69) is 51.9 Å². The van der Waals surface area contributed by atoms with E-state index < -0.39 is 0 Å². The molecule has 0 spiro atoms. The number of nitrogens with zero attached hydrogens (tertiary/aromatic N) is 2. The molecule has 0 atom stereocenters. The number of aromatic nitrogens is 1. The lowest BCUT2D eigenvalue weighted by Gasteiger charge is -2.07. The molecule has 2 aromatic rings. The van der Waals surface area contributed by atoms with E-state index in [0.717, 1.165) is 16.6 Å². The van der Waals surface area contributed by atoms with Crippen LogP contribution in [-0.2, 0) is 13.1 Å². The van der Waals surface area contributed by atoms with E-state index in [0.29, 0.717) is 12.6 Å². The molecule has 0 amide bonds. The normalized spacial score (nSPS) is 11.0. The average Bonchev–Trinajstić information content (AvgIpc) is 2.86. The molecule has 1 heterocycles. The summed E-state index contributed by atoms with van der Waals surface area (Å²) in [5.41, 5.74) is 2.33. The van der Waals surface area contributed by atoms with Crippen LogP contribution in [0.25, 0.3) is 0 Å². The van der Waals surface area contributed by atoms with E-state index in [9.17, 15) is 10.1 Å². The first-order valence-corrected chi connectivity index (χ1v) is 7.56. The van der Waals surface area contributed by atoms with Crippen LogP contribution in [0.15, 0.2) is 41.1 Å². The third kappa shape index (κ3) is 4.41. The summed E-state index contributed by atoms with van der Waals surface area (Å²) in [6, 6.07) is 7.39. The van der Waals surface area contributed by atoms with E-state index in [1.165, 1.54) is 11.6 Å². The van der Waals surface area contributed by atoms with Crippen LogP contribution < -0.4 is 5.32 Å². The van der Waals surface area contributed by atoms with Gasteiger partial charge in [0.15, 0.2) is 0 Å². The van der Waals surface area contributed by atoms with Crippen molar-refractivity contribution in [2.45, 2.75) is 33.0 Å². The highest BCUT2D eigenvalue weighted by Crippen LogP contribution is 2.23. The highest BCUT2D eigenvalue weighted by molar-refractivity contribution is 9.10. The Balaban J connectivity index is 2.06. The summed E-state index contributed by atoms with van der Waals surface area (Å²) in [5.74, 6) is 0. The summed E-state index contributed by atoms with van der Waals surface area (Å²) in [5, 5.41) is 14.1. The summed E-state index contributed by atoms with van der Waals surface area (Å²) in [6.07, 6.45) is 4.11. The van der Waals surface area contributed by atoms with Crippen molar-refractivity contribution in [2.24, 2.45) is 0 Å². The monoisotopic (exact) mass is 351 g/mol. The van der Waals surface area contributed by atoms with E-state index in [1.807, 2.05) is 6.20 Å². The van der Waals surface area contributed by atoms with Crippen molar-refractivity contribution in [2.75, 3.05) is 0 Å². The Labute approximate surface area is 132 Å². The van der Waals surface area contributed by atoms with Crippen molar-refractivity contribution in [3.8, 4) is 0 Å². The second-order valence-corrected chi connectivity index (χ2v) is 6.11. The van der Waals surface area contributed by atoms with Crippen LogP contribution in [0.5, 0.6) is 0 Å². The maximum Gasteiger partial charge on any atom is 0.270 e. The zero-order valence-corrected chi connectivity index (χ0v) is 13.6. The van der Waals surface area contributed by atoms with Gasteiger partial charge in [-0.15, -0.1) is 0 Å². The summed E-state index contributed by atoms with van der Waals surface area (Å²) in [6.45, 7) is 5.75. The lowest BCUT2D eigenvalue weighted by atomic mass is 10.2. The first kappa shape index (κ1) is 15.7. The number of halogens is 1. The maximum absolute atomic E-state index is 10.7. The fourth-order valence-electron chi connectivity index (χ4n) is 1.99. The van der Waals surface area contributed by atoms with Crippen LogP contribution >= 0.6 is 15.9 Å². The number of hydrogen-bond donors (Lipinski definition) is 1. The Morgan fingerprint density at radius 1 is 1.38 bits per heavy atom. The van der Waals surface area contributed by atoms with Crippen LogP contribution in [0.3, 0.4) is 0 Å². The fourth-order valence-corrected chi connectivity index (χ4v) is 2.48. The molecule has 21 heavy (non-hydrogen) atoms. The molecule has 5 nitrogen and oxygen atoms in total. The fraction of sp³-hybridized carbons (Fsp3) is 0.333. The number of rotatable bonds is 6. The van der Waals surface area contributed by atoms with Crippen LogP contribution in [0.2, 0.25) is 0 Å². The van der Waals surface area contributed by atoms with Gasteiger partial charge in [0.05, 0.1) is 4.92 Å². The minimum Gasteiger partial charge on any atom is -0.350 e. The number of non-ortho nitro benzene ring substituents is 1. The maximum atomic E-state index is 10.7. The van der Waals surface area contributed by atoms with Gasteiger partial charge in [-0.2, -0.15) is 0 Å². The number of hydrogen-bond acceptors (Lipinski definition) is 3. The highest BCUT2D eigenvalue weighted by Gasteiger charge is 2.09. The minimum absolute atomic E-state index is 0.0972. The predicted octanol–water partition coefficient (Wildman–Crippen LogP) is 3.71. The average molecular weight is 352 g/mol. The molecule has 0 aliphatic rings. The largest absolute Gasteiger partial charge is 0.350 e. The molecule has 112 valence electrons. The zero-order valence-electron chi connectivity index (χ0n) is 12.0. The van der Waals surface area contributed by atoms with Crippen LogP contribution in [0, 0.1) is 10.1 Å². The molecule has 0 unspecified atom stereocenters. The van der Waals surface area contributed by atoms with Crippen molar-refractivity contribution >= 4 is 21.6 Å². The molecular formula is C15H18BrN3O2. The molecule has 0 bridgehead atoms. The van der Waals surface area contributed by atoms with Crippen LogP contribution in [0.4, 0.5) is 5.69 Å². The zero-order chi connectivity index (χ0) is 15.4. The molecule has 0 fully saturated rings. The quantitative estimate of drug-likeness (QED) is 0.637. The van der Waals surface area contributed by atoms with Crippen LogP contribution in [-0.4, -0.2) is 15.5 Å². The smallest absolute Gasteiger partial charge is 0.270 e. The molecular weight excluding hydrogens is 334 g/mol. The van der Waals surface area contributed by atoms with Gasteiger partial charge >= 0.3 is 0 Å². The molecule has 2 rings (SSSR count). The van der Waals surface area contributed by atoms with Gasteiger partial charge in [0.25, 0.3) is 5.69 Å². The molecule has 6 heteroatoms. The number of benzene rings is 1. The topological polar surface area (TPSA) is 60.1 Å². The molecule has 0 saturated heterocycles. The van der Waals surface area contributed by atoms with E-state index >= 15 is 0 Å². The SMILES string of the molecule is CC(C)NCc1ccn(Cc2ccc([N+](=O)[O-])cc2Br)c1. The second kappa shape index (κ2) is 6.87. The highest BCUT2D eigenvalue weighted by atomic mass is 79.9. The minimum atomic E-state index is -0.389. The van der Waals surface area contributed by atoms with Gasteiger partial charge in [0.2, 0.25) is 0 Å². The summed E-state index contributed by atoms with van der Waals surface area (Å²) >= 11 is 3.40. The third-order valence-electron chi connectivity index (χ3n) is 3.13. The van der Waals surface area contributed by atoms with E-state index in [-0.39, 0.29) is 10.6 Å². The summed E-state index contributed by atoms with van der Waals surface area (Å²) in [4.78, 5) is 10.3. The number of nitro groups is 1. The first-order chi connectivity index (χ1) is 9.95. The van der Waals surface area contributed by atoms with Gasteiger partial charge in [-0.3, -0.25) is 10.1 Å². The summed E-state index contributed by atoms with van der Waals surface area (Å²) < 4.78 is 2.83. The van der Waals surface area contributed by atoms with Gasteiger partial charge in [-0.25, -0.2) is 0 Å². The van der Waals surface area contributed by atoms with Crippen molar-refractivity contribution in [3.63, 3.8) is 0 Å². The Kier molecular flexibility index (Phi) is 5.14. The number of nitrogens with one attached hydrogen (secondary N) is 1. The lowest BCUT2D eigenvalue weighted by Crippen LogP contribution is -2.21. The molecule has 0 radical (unpaired) electrons. The Morgan fingerprint density at radius 2 is 2.14 bits per heavy atom. The molecule has 1 N–H and O–H groups in total. The Morgan fingerprint density at radius 3 is 2.76 bits per heavy atom. The van der Waals surface area contributed by atoms with Gasteiger partial charge in [-0.1, -0.05) is 29.8 Å².